The monoisotopic (exact) mass is 382 g/mol. The predicted molar refractivity (Wildman–Crippen MR) is 91.2 cm³/mol. The number of nitro benzene ring substituents is 1. The summed E-state index contributed by atoms with van der Waals surface area (Å²) in [6, 6.07) is 10.8. The van der Waals surface area contributed by atoms with Crippen molar-refractivity contribution in [2.24, 2.45) is 0 Å². The van der Waals surface area contributed by atoms with Crippen LogP contribution in [0.4, 0.5) is 18.9 Å². The van der Waals surface area contributed by atoms with Gasteiger partial charge in [0.1, 0.15) is 6.61 Å². The summed E-state index contributed by atoms with van der Waals surface area (Å²) in [5.74, 6) is -0.450. The zero-order chi connectivity index (χ0) is 20.0. The second kappa shape index (κ2) is 8.63. The number of nitro groups is 1. The van der Waals surface area contributed by atoms with E-state index < -0.39 is 23.6 Å². The Hall–Kier alpha value is -2.94. The van der Waals surface area contributed by atoms with Crippen LogP contribution in [0, 0.1) is 17.0 Å². The van der Waals surface area contributed by atoms with Crippen LogP contribution in [0.5, 0.6) is 0 Å². The molecule has 0 bridgehead atoms. The fraction of sp³-hybridized carbons (Fsp3) is 0.278. The van der Waals surface area contributed by atoms with Crippen LogP contribution in [0.1, 0.15) is 27.0 Å². The number of nitrogens with one attached hydrogen (secondary N) is 1. The summed E-state index contributed by atoms with van der Waals surface area (Å²) >= 11 is 0. The second-order valence-electron chi connectivity index (χ2n) is 5.81. The maximum Gasteiger partial charge on any atom is 0.411 e. The van der Waals surface area contributed by atoms with Gasteiger partial charge in [0.2, 0.25) is 0 Å². The minimum Gasteiger partial charge on any atom is -0.367 e. The Balaban J connectivity index is 1.92. The third kappa shape index (κ3) is 6.07. The van der Waals surface area contributed by atoms with Gasteiger partial charge in [0, 0.05) is 23.7 Å². The van der Waals surface area contributed by atoms with Crippen molar-refractivity contribution in [1.82, 2.24) is 5.32 Å². The van der Waals surface area contributed by atoms with E-state index in [-0.39, 0.29) is 30.0 Å². The summed E-state index contributed by atoms with van der Waals surface area (Å²) in [6.07, 6.45) is -4.37. The Labute approximate surface area is 153 Å². The zero-order valence-corrected chi connectivity index (χ0v) is 14.4. The molecule has 144 valence electrons. The Bertz CT molecular complexity index is 820. The van der Waals surface area contributed by atoms with Crippen LogP contribution in [-0.2, 0) is 17.9 Å². The third-order valence-corrected chi connectivity index (χ3v) is 3.76. The van der Waals surface area contributed by atoms with E-state index in [0.717, 1.165) is 5.56 Å². The van der Waals surface area contributed by atoms with Gasteiger partial charge in [0.15, 0.2) is 0 Å². The number of halogens is 3. The average molecular weight is 382 g/mol. The van der Waals surface area contributed by atoms with Crippen LogP contribution in [-0.4, -0.2) is 23.6 Å². The molecule has 0 atom stereocenters. The fourth-order valence-corrected chi connectivity index (χ4v) is 2.38. The predicted octanol–water partition coefficient (Wildman–Crippen LogP) is 3.91. The molecule has 1 amide bonds. The van der Waals surface area contributed by atoms with E-state index in [1.54, 1.807) is 24.3 Å². The van der Waals surface area contributed by atoms with Crippen LogP contribution in [0.25, 0.3) is 0 Å². The molecule has 0 unspecified atom stereocenters. The molecule has 2 rings (SSSR count). The zero-order valence-electron chi connectivity index (χ0n) is 14.4. The number of ether oxygens (including phenoxy) is 1. The summed E-state index contributed by atoms with van der Waals surface area (Å²) in [6.45, 7) is 0.194. The van der Waals surface area contributed by atoms with Gasteiger partial charge in [-0.1, -0.05) is 30.3 Å². The molecule has 0 aromatic heterocycles. The number of alkyl halides is 3. The van der Waals surface area contributed by atoms with E-state index in [0.29, 0.717) is 5.56 Å². The average Bonchev–Trinajstić information content (AvgIpc) is 2.59. The molecular formula is C18H17F3N2O4. The quantitative estimate of drug-likeness (QED) is 0.581. The first-order chi connectivity index (χ1) is 12.7. The topological polar surface area (TPSA) is 81.5 Å². The number of nitrogens with zero attached hydrogens (tertiary/aromatic N) is 1. The van der Waals surface area contributed by atoms with Crippen LogP contribution >= 0.6 is 0 Å². The van der Waals surface area contributed by atoms with Crippen molar-refractivity contribution in [2.75, 3.05) is 6.61 Å². The van der Waals surface area contributed by atoms with Gasteiger partial charge in [0.25, 0.3) is 11.6 Å². The standard InChI is InChI=1S/C18H17F3N2O4/c1-12-15(3-2-4-16(12)23(25)26)17(24)22-9-13-5-7-14(8-6-13)10-27-11-18(19,20)21/h2-8H,9-11H2,1H3,(H,22,24). The van der Waals surface area contributed by atoms with Gasteiger partial charge in [-0.05, 0) is 24.1 Å². The lowest BCUT2D eigenvalue weighted by Crippen LogP contribution is -2.23. The highest BCUT2D eigenvalue weighted by Gasteiger charge is 2.27. The maximum atomic E-state index is 12.3. The van der Waals surface area contributed by atoms with Crippen molar-refractivity contribution in [2.45, 2.75) is 26.3 Å². The first kappa shape index (κ1) is 20.4. The normalized spacial score (nSPS) is 11.3. The van der Waals surface area contributed by atoms with Crippen molar-refractivity contribution in [3.8, 4) is 0 Å². The first-order valence-corrected chi connectivity index (χ1v) is 7.92. The molecule has 1 N–H and O–H groups in total. The lowest BCUT2D eigenvalue weighted by molar-refractivity contribution is -0.385. The van der Waals surface area contributed by atoms with E-state index in [2.05, 4.69) is 10.1 Å². The molecule has 9 heteroatoms. The first-order valence-electron chi connectivity index (χ1n) is 7.92. The molecule has 0 fully saturated rings. The van der Waals surface area contributed by atoms with E-state index in [4.69, 9.17) is 0 Å². The summed E-state index contributed by atoms with van der Waals surface area (Å²) in [5.41, 5.74) is 1.65. The molecule has 2 aromatic rings. The molecule has 0 aliphatic rings. The van der Waals surface area contributed by atoms with E-state index in [1.165, 1.54) is 25.1 Å². The molecule has 6 nitrogen and oxygen atoms in total. The SMILES string of the molecule is Cc1c(C(=O)NCc2ccc(COCC(F)(F)F)cc2)cccc1[N+](=O)[O-]. The van der Waals surface area contributed by atoms with Crippen molar-refractivity contribution < 1.29 is 27.6 Å². The van der Waals surface area contributed by atoms with Gasteiger partial charge in [-0.3, -0.25) is 14.9 Å². The lowest BCUT2D eigenvalue weighted by atomic mass is 10.1. The van der Waals surface area contributed by atoms with Gasteiger partial charge < -0.3 is 10.1 Å². The van der Waals surface area contributed by atoms with Crippen molar-refractivity contribution in [3.05, 3.63) is 74.8 Å². The number of carbonyl (C=O) groups excluding carboxylic acids is 1. The molecule has 0 aliphatic carbocycles. The Morgan fingerprint density at radius 2 is 1.78 bits per heavy atom. The van der Waals surface area contributed by atoms with Crippen molar-refractivity contribution in [1.29, 1.82) is 0 Å². The van der Waals surface area contributed by atoms with E-state index >= 15 is 0 Å². The molecule has 0 radical (unpaired) electrons. The molecule has 2 aromatic carbocycles. The second-order valence-corrected chi connectivity index (χ2v) is 5.81. The number of carbonyl (C=O) groups is 1. The van der Waals surface area contributed by atoms with Gasteiger partial charge in [0.05, 0.1) is 11.5 Å². The number of amides is 1. The molecule has 0 saturated carbocycles. The van der Waals surface area contributed by atoms with E-state index in [9.17, 15) is 28.1 Å². The highest BCUT2D eigenvalue weighted by Crippen LogP contribution is 2.21. The minimum atomic E-state index is -4.37. The third-order valence-electron chi connectivity index (χ3n) is 3.76. The number of benzene rings is 2. The molecule has 0 heterocycles. The van der Waals surface area contributed by atoms with Crippen LogP contribution in [0.2, 0.25) is 0 Å². The van der Waals surface area contributed by atoms with Gasteiger partial charge in [-0.2, -0.15) is 13.2 Å². The number of hydrogen-bond donors (Lipinski definition) is 1. The molecule has 0 spiro atoms. The Morgan fingerprint density at radius 3 is 2.37 bits per heavy atom. The molecular weight excluding hydrogens is 365 g/mol. The fourth-order valence-electron chi connectivity index (χ4n) is 2.38. The summed E-state index contributed by atoms with van der Waals surface area (Å²) in [7, 11) is 0. The number of rotatable bonds is 7. The maximum absolute atomic E-state index is 12.3. The van der Waals surface area contributed by atoms with Crippen LogP contribution in [0.3, 0.4) is 0 Å². The summed E-state index contributed by atoms with van der Waals surface area (Å²) in [4.78, 5) is 22.6. The highest BCUT2D eigenvalue weighted by atomic mass is 19.4. The molecule has 27 heavy (non-hydrogen) atoms. The van der Waals surface area contributed by atoms with Gasteiger partial charge in [-0.15, -0.1) is 0 Å². The molecule has 0 saturated heterocycles. The largest absolute Gasteiger partial charge is 0.411 e. The van der Waals surface area contributed by atoms with Gasteiger partial charge >= 0.3 is 6.18 Å². The smallest absolute Gasteiger partial charge is 0.367 e. The minimum absolute atomic E-state index is 0.133. The van der Waals surface area contributed by atoms with E-state index in [1.807, 2.05) is 0 Å². The highest BCUT2D eigenvalue weighted by molar-refractivity contribution is 5.96. The number of hydrogen-bond acceptors (Lipinski definition) is 4. The van der Waals surface area contributed by atoms with Crippen molar-refractivity contribution in [3.63, 3.8) is 0 Å². The summed E-state index contributed by atoms with van der Waals surface area (Å²) in [5, 5.41) is 13.6. The summed E-state index contributed by atoms with van der Waals surface area (Å²) < 4.78 is 40.7. The Kier molecular flexibility index (Phi) is 6.51. The van der Waals surface area contributed by atoms with Crippen molar-refractivity contribution >= 4 is 11.6 Å². The Morgan fingerprint density at radius 1 is 1.15 bits per heavy atom. The van der Waals surface area contributed by atoms with Crippen LogP contribution < -0.4 is 5.32 Å². The molecule has 0 aliphatic heterocycles. The van der Waals surface area contributed by atoms with Crippen LogP contribution in [0.15, 0.2) is 42.5 Å². The lowest BCUT2D eigenvalue weighted by Gasteiger charge is -2.10. The van der Waals surface area contributed by atoms with Gasteiger partial charge in [-0.25, -0.2) is 0 Å².